The Balaban J connectivity index is 1.91. The fourth-order valence-electron chi connectivity index (χ4n) is 2.20. The molecule has 1 unspecified atom stereocenters. The number of benzene rings is 1. The van der Waals surface area contributed by atoms with E-state index in [0.717, 1.165) is 5.56 Å². The zero-order valence-electron chi connectivity index (χ0n) is 12.7. The van der Waals surface area contributed by atoms with Gasteiger partial charge in [0.1, 0.15) is 0 Å². The molecule has 0 aliphatic rings. The lowest BCUT2D eigenvalue weighted by molar-refractivity contribution is -0.121. The first kappa shape index (κ1) is 15.9. The van der Waals surface area contributed by atoms with Crippen LogP contribution in [0, 0.1) is 5.82 Å². The molecule has 0 aliphatic heterocycles. The highest BCUT2D eigenvalue weighted by molar-refractivity contribution is 5.76. The fourth-order valence-corrected chi connectivity index (χ4v) is 2.20. The van der Waals surface area contributed by atoms with Crippen LogP contribution in [0.25, 0.3) is 0 Å². The summed E-state index contributed by atoms with van der Waals surface area (Å²) in [5.74, 6) is -0.324. The summed E-state index contributed by atoms with van der Waals surface area (Å²) in [7, 11) is 1.42. The molecular weight excluding hydrogens is 283 g/mol. The van der Waals surface area contributed by atoms with Crippen molar-refractivity contribution in [2.75, 3.05) is 7.11 Å². The number of halogens is 1. The van der Waals surface area contributed by atoms with Crippen molar-refractivity contribution in [1.82, 2.24) is 10.3 Å². The van der Waals surface area contributed by atoms with Crippen molar-refractivity contribution in [3.63, 3.8) is 0 Å². The molecule has 1 aromatic carbocycles. The maximum Gasteiger partial charge on any atom is 0.220 e. The van der Waals surface area contributed by atoms with E-state index in [1.807, 2.05) is 19.1 Å². The number of ether oxygens (including phenoxy) is 1. The topological polar surface area (TPSA) is 51.2 Å². The van der Waals surface area contributed by atoms with Crippen LogP contribution in [0.1, 0.15) is 30.5 Å². The van der Waals surface area contributed by atoms with Crippen molar-refractivity contribution in [2.45, 2.75) is 25.8 Å². The number of nitrogens with zero attached hydrogens (tertiary/aromatic N) is 1. The highest BCUT2D eigenvalue weighted by Crippen LogP contribution is 2.21. The van der Waals surface area contributed by atoms with E-state index in [2.05, 4.69) is 10.3 Å². The summed E-state index contributed by atoms with van der Waals surface area (Å²) in [5, 5.41) is 2.89. The second-order valence-electron chi connectivity index (χ2n) is 5.00. The van der Waals surface area contributed by atoms with Crippen LogP contribution in [-0.4, -0.2) is 18.0 Å². The normalized spacial score (nSPS) is 11.8. The van der Waals surface area contributed by atoms with Crippen molar-refractivity contribution in [3.8, 4) is 5.75 Å². The molecule has 116 valence electrons. The van der Waals surface area contributed by atoms with Gasteiger partial charge in [-0.1, -0.05) is 12.1 Å². The molecule has 0 saturated heterocycles. The molecule has 4 nitrogen and oxygen atoms in total. The number of amides is 1. The Labute approximate surface area is 129 Å². The lowest BCUT2D eigenvalue weighted by Crippen LogP contribution is -2.26. The molecule has 0 saturated carbocycles. The predicted octanol–water partition coefficient (Wildman–Crippen LogP) is 3.04. The van der Waals surface area contributed by atoms with Gasteiger partial charge in [-0.25, -0.2) is 4.39 Å². The van der Waals surface area contributed by atoms with Gasteiger partial charge in [-0.05, 0) is 42.7 Å². The summed E-state index contributed by atoms with van der Waals surface area (Å²) >= 11 is 0. The van der Waals surface area contributed by atoms with Crippen molar-refractivity contribution in [1.29, 1.82) is 0 Å². The summed E-state index contributed by atoms with van der Waals surface area (Å²) in [6.07, 6.45) is 3.92. The second kappa shape index (κ2) is 7.54. The molecule has 1 amide bonds. The van der Waals surface area contributed by atoms with Crippen LogP contribution in [0.3, 0.4) is 0 Å². The first-order valence-electron chi connectivity index (χ1n) is 7.12. The zero-order valence-corrected chi connectivity index (χ0v) is 12.7. The van der Waals surface area contributed by atoms with Crippen LogP contribution in [0.2, 0.25) is 0 Å². The SMILES string of the molecule is COc1cccc(CCC(=O)NC(C)c2ccncc2)c1F. The van der Waals surface area contributed by atoms with Gasteiger partial charge >= 0.3 is 0 Å². The third-order valence-electron chi connectivity index (χ3n) is 3.47. The maximum absolute atomic E-state index is 14.0. The fraction of sp³-hybridized carbons (Fsp3) is 0.294. The molecular formula is C17H19FN2O2. The van der Waals surface area contributed by atoms with E-state index >= 15 is 0 Å². The third kappa shape index (κ3) is 4.04. The van der Waals surface area contributed by atoms with Gasteiger partial charge in [0.25, 0.3) is 0 Å². The van der Waals surface area contributed by atoms with Gasteiger partial charge in [0.15, 0.2) is 11.6 Å². The molecule has 0 spiro atoms. The van der Waals surface area contributed by atoms with Gasteiger partial charge in [-0.2, -0.15) is 0 Å². The molecule has 2 rings (SSSR count). The van der Waals surface area contributed by atoms with E-state index in [9.17, 15) is 9.18 Å². The molecule has 1 heterocycles. The largest absolute Gasteiger partial charge is 0.494 e. The first-order chi connectivity index (χ1) is 10.6. The number of carbonyl (C=O) groups excluding carboxylic acids is 1. The van der Waals surface area contributed by atoms with E-state index < -0.39 is 5.82 Å². The van der Waals surface area contributed by atoms with Gasteiger partial charge in [0.2, 0.25) is 5.91 Å². The number of pyridine rings is 1. The predicted molar refractivity (Wildman–Crippen MR) is 82.1 cm³/mol. The van der Waals surface area contributed by atoms with Crippen molar-refractivity contribution >= 4 is 5.91 Å². The number of rotatable bonds is 6. The minimum absolute atomic E-state index is 0.106. The lowest BCUT2D eigenvalue weighted by Gasteiger charge is -2.14. The molecule has 1 N–H and O–H groups in total. The highest BCUT2D eigenvalue weighted by atomic mass is 19.1. The Bertz CT molecular complexity index is 632. The Morgan fingerprint density at radius 2 is 2.05 bits per heavy atom. The number of methoxy groups -OCH3 is 1. The van der Waals surface area contributed by atoms with Crippen LogP contribution in [0.15, 0.2) is 42.7 Å². The molecule has 1 atom stereocenters. The number of hydrogen-bond acceptors (Lipinski definition) is 3. The Kier molecular flexibility index (Phi) is 5.47. The standard InChI is InChI=1S/C17H19FN2O2/c1-12(13-8-10-19-11-9-13)20-16(21)7-6-14-4-3-5-15(22-2)17(14)18/h3-5,8-12H,6-7H2,1-2H3,(H,20,21). The summed E-state index contributed by atoms with van der Waals surface area (Å²) in [6.45, 7) is 1.90. The Hall–Kier alpha value is -2.43. The quantitative estimate of drug-likeness (QED) is 0.892. The van der Waals surface area contributed by atoms with Crippen molar-refractivity contribution in [3.05, 3.63) is 59.7 Å². The summed E-state index contributed by atoms with van der Waals surface area (Å²) < 4.78 is 18.9. The number of nitrogens with one attached hydrogen (secondary N) is 1. The molecule has 0 radical (unpaired) electrons. The Morgan fingerprint density at radius 3 is 2.73 bits per heavy atom. The minimum atomic E-state index is -0.403. The van der Waals surface area contributed by atoms with E-state index in [1.54, 1.807) is 30.6 Å². The average molecular weight is 302 g/mol. The van der Waals surface area contributed by atoms with Crippen LogP contribution in [0.4, 0.5) is 4.39 Å². The van der Waals surface area contributed by atoms with Gasteiger partial charge in [-0.3, -0.25) is 9.78 Å². The number of carbonyl (C=O) groups is 1. The third-order valence-corrected chi connectivity index (χ3v) is 3.47. The minimum Gasteiger partial charge on any atom is -0.494 e. The van der Waals surface area contributed by atoms with E-state index in [4.69, 9.17) is 4.74 Å². The number of aromatic nitrogens is 1. The summed E-state index contributed by atoms with van der Waals surface area (Å²) in [4.78, 5) is 15.9. The molecule has 0 fully saturated rings. The van der Waals surface area contributed by atoms with Gasteiger partial charge < -0.3 is 10.1 Å². The van der Waals surface area contributed by atoms with Crippen LogP contribution < -0.4 is 10.1 Å². The van der Waals surface area contributed by atoms with Gasteiger partial charge in [-0.15, -0.1) is 0 Å². The first-order valence-corrected chi connectivity index (χ1v) is 7.12. The highest BCUT2D eigenvalue weighted by Gasteiger charge is 2.12. The molecule has 0 aliphatic carbocycles. The van der Waals surface area contributed by atoms with E-state index in [0.29, 0.717) is 12.0 Å². The van der Waals surface area contributed by atoms with Crippen LogP contribution in [-0.2, 0) is 11.2 Å². The molecule has 0 bridgehead atoms. The van der Waals surface area contributed by atoms with E-state index in [1.165, 1.54) is 7.11 Å². The zero-order chi connectivity index (χ0) is 15.9. The Morgan fingerprint density at radius 1 is 1.32 bits per heavy atom. The van der Waals surface area contributed by atoms with Crippen LogP contribution in [0.5, 0.6) is 5.75 Å². The molecule has 5 heteroatoms. The number of hydrogen-bond donors (Lipinski definition) is 1. The molecule has 2 aromatic rings. The van der Waals surface area contributed by atoms with Gasteiger partial charge in [0.05, 0.1) is 13.2 Å². The number of aryl methyl sites for hydroxylation is 1. The average Bonchev–Trinajstić information content (AvgIpc) is 2.54. The maximum atomic E-state index is 14.0. The van der Waals surface area contributed by atoms with E-state index in [-0.39, 0.29) is 24.1 Å². The van der Waals surface area contributed by atoms with Crippen molar-refractivity contribution < 1.29 is 13.9 Å². The van der Waals surface area contributed by atoms with Crippen LogP contribution >= 0.6 is 0 Å². The van der Waals surface area contributed by atoms with Gasteiger partial charge in [0, 0.05) is 18.8 Å². The second-order valence-corrected chi connectivity index (χ2v) is 5.00. The van der Waals surface area contributed by atoms with Crippen molar-refractivity contribution in [2.24, 2.45) is 0 Å². The summed E-state index contributed by atoms with van der Waals surface area (Å²) in [6, 6.07) is 8.54. The monoisotopic (exact) mass is 302 g/mol. The summed E-state index contributed by atoms with van der Waals surface area (Å²) in [5.41, 5.74) is 1.46. The molecule has 22 heavy (non-hydrogen) atoms. The molecule has 1 aromatic heterocycles. The lowest BCUT2D eigenvalue weighted by atomic mass is 10.1. The smallest absolute Gasteiger partial charge is 0.220 e.